The summed E-state index contributed by atoms with van der Waals surface area (Å²) < 4.78 is 7.02. The van der Waals surface area contributed by atoms with Gasteiger partial charge in [-0.2, -0.15) is 4.73 Å². The number of nitrogens with two attached hydrogens (primary N) is 1. The van der Waals surface area contributed by atoms with E-state index >= 15 is 0 Å². The fourth-order valence-electron chi connectivity index (χ4n) is 4.35. The van der Waals surface area contributed by atoms with Crippen molar-refractivity contribution in [2.75, 3.05) is 18.1 Å². The molecule has 2 unspecified atom stereocenters. The predicted molar refractivity (Wildman–Crippen MR) is 135 cm³/mol. The van der Waals surface area contributed by atoms with Crippen LogP contribution < -0.4 is 10.5 Å². The first-order valence-electron chi connectivity index (χ1n) is 11.3. The molecule has 3 atom stereocenters. The predicted octanol–water partition coefficient (Wildman–Crippen LogP) is 2.97. The Morgan fingerprint density at radius 2 is 1.74 bits per heavy atom. The Hall–Kier alpha value is -3.01. The average molecular weight is 508 g/mol. The molecule has 3 heterocycles. The summed E-state index contributed by atoms with van der Waals surface area (Å²) in [6, 6.07) is 23.8. The Labute approximate surface area is 212 Å². The maximum Gasteiger partial charge on any atom is 0.316 e. The lowest BCUT2D eigenvalue weighted by molar-refractivity contribution is -0.645. The molecule has 0 bridgehead atoms. The summed E-state index contributed by atoms with van der Waals surface area (Å²) in [5.74, 6) is 0.191. The van der Waals surface area contributed by atoms with E-state index in [-0.39, 0.29) is 17.8 Å². The van der Waals surface area contributed by atoms with Gasteiger partial charge in [-0.3, -0.25) is 9.59 Å². The van der Waals surface area contributed by atoms with Gasteiger partial charge in [-0.1, -0.05) is 72.4 Å². The second-order valence-corrected chi connectivity index (χ2v) is 10.8. The lowest BCUT2D eigenvalue weighted by Gasteiger charge is -2.53. The quantitative estimate of drug-likeness (QED) is 0.173. The highest BCUT2D eigenvalue weighted by Crippen LogP contribution is 2.45. The third-order valence-corrected chi connectivity index (χ3v) is 9.25. The largest absolute Gasteiger partial charge is 0.618 e. The van der Waals surface area contributed by atoms with Crippen LogP contribution in [0.5, 0.6) is 0 Å². The third kappa shape index (κ3) is 4.63. The molecular formula is C26H25N3O4S2. The van der Waals surface area contributed by atoms with Crippen molar-refractivity contribution < 1.29 is 19.1 Å². The molecule has 35 heavy (non-hydrogen) atoms. The van der Waals surface area contributed by atoms with Crippen molar-refractivity contribution in [3.05, 3.63) is 101 Å². The number of ether oxygens (including phenoxy) is 1. The number of carbonyl (C=O) groups excluding carboxylic acids is 2. The number of pyridine rings is 1. The number of rotatable bonds is 7. The van der Waals surface area contributed by atoms with Crippen molar-refractivity contribution in [1.29, 1.82) is 0 Å². The SMILES string of the molecule is NC1C(=O)N2CC(CSc3cccc[n+]3[O-])(C(=O)OC(c3ccccc3)c3ccccc3)CS[C@H]12. The second-order valence-electron chi connectivity index (χ2n) is 8.73. The van der Waals surface area contributed by atoms with Gasteiger partial charge in [0.2, 0.25) is 5.91 Å². The molecule has 7 nitrogen and oxygen atoms in total. The fourth-order valence-corrected chi connectivity index (χ4v) is 7.06. The molecule has 3 aromatic rings. The summed E-state index contributed by atoms with van der Waals surface area (Å²) in [6.07, 6.45) is 0.836. The van der Waals surface area contributed by atoms with Crippen LogP contribution in [0.4, 0.5) is 0 Å². The summed E-state index contributed by atoms with van der Waals surface area (Å²) in [5, 5.41) is 12.6. The van der Waals surface area contributed by atoms with Crippen LogP contribution in [0.3, 0.4) is 0 Å². The minimum Gasteiger partial charge on any atom is -0.618 e. The van der Waals surface area contributed by atoms with Crippen molar-refractivity contribution in [2.24, 2.45) is 11.1 Å². The highest BCUT2D eigenvalue weighted by Gasteiger charge is 2.56. The number of aromatic nitrogens is 1. The Kier molecular flexibility index (Phi) is 6.73. The lowest BCUT2D eigenvalue weighted by atomic mass is 9.89. The number of benzene rings is 2. The van der Waals surface area contributed by atoms with E-state index in [0.717, 1.165) is 15.9 Å². The number of nitrogens with zero attached hydrogens (tertiary/aromatic N) is 2. The maximum atomic E-state index is 13.9. The molecule has 0 aliphatic carbocycles. The van der Waals surface area contributed by atoms with Gasteiger partial charge >= 0.3 is 5.97 Å². The van der Waals surface area contributed by atoms with E-state index in [2.05, 4.69) is 0 Å². The first-order valence-corrected chi connectivity index (χ1v) is 13.3. The molecule has 2 aliphatic rings. The van der Waals surface area contributed by atoms with Gasteiger partial charge < -0.3 is 20.6 Å². The Morgan fingerprint density at radius 3 is 2.37 bits per heavy atom. The summed E-state index contributed by atoms with van der Waals surface area (Å²) in [5.41, 5.74) is 6.71. The van der Waals surface area contributed by atoms with Crippen molar-refractivity contribution in [1.82, 2.24) is 4.90 Å². The van der Waals surface area contributed by atoms with Gasteiger partial charge in [-0.25, -0.2) is 0 Å². The Morgan fingerprint density at radius 1 is 1.11 bits per heavy atom. The minimum absolute atomic E-state index is 0.131. The number of β-lactam (4-membered cyclic amide) rings is 1. The molecule has 5 rings (SSSR count). The van der Waals surface area contributed by atoms with Crippen LogP contribution in [-0.2, 0) is 14.3 Å². The van der Waals surface area contributed by atoms with Crippen molar-refractivity contribution in [3.8, 4) is 0 Å². The van der Waals surface area contributed by atoms with Gasteiger partial charge in [0, 0.05) is 30.2 Å². The molecule has 0 spiro atoms. The van der Waals surface area contributed by atoms with Crippen molar-refractivity contribution in [3.63, 3.8) is 0 Å². The lowest BCUT2D eigenvalue weighted by Crippen LogP contribution is -2.72. The monoisotopic (exact) mass is 507 g/mol. The molecule has 2 N–H and O–H groups in total. The van der Waals surface area contributed by atoms with Gasteiger partial charge in [0.1, 0.15) is 16.8 Å². The summed E-state index contributed by atoms with van der Waals surface area (Å²) in [7, 11) is 0. The summed E-state index contributed by atoms with van der Waals surface area (Å²) >= 11 is 2.80. The van der Waals surface area contributed by atoms with E-state index in [9.17, 15) is 14.8 Å². The van der Waals surface area contributed by atoms with E-state index < -0.39 is 23.5 Å². The highest BCUT2D eigenvalue weighted by atomic mass is 32.2. The van der Waals surface area contributed by atoms with Crippen LogP contribution in [0.15, 0.2) is 90.1 Å². The minimum atomic E-state index is -0.994. The molecular weight excluding hydrogens is 482 g/mol. The van der Waals surface area contributed by atoms with Crippen LogP contribution >= 0.6 is 23.5 Å². The smallest absolute Gasteiger partial charge is 0.316 e. The van der Waals surface area contributed by atoms with Crippen molar-refractivity contribution >= 4 is 35.4 Å². The Bertz CT molecular complexity index is 1170. The van der Waals surface area contributed by atoms with Crippen LogP contribution in [0.1, 0.15) is 17.2 Å². The standard InChI is InChI=1S/C26H25N3O4S2/c27-21-23(30)28-15-26(17-35-24(21)28,16-34-20-13-7-8-14-29(20)32)25(31)33-22(18-9-3-1-4-10-18)19-11-5-2-6-12-19/h1-14,21-22,24H,15-17,27H2/t21?,24-,26?/m1/s1. The molecule has 0 saturated carbocycles. The van der Waals surface area contributed by atoms with Gasteiger partial charge in [0.25, 0.3) is 5.03 Å². The van der Waals surface area contributed by atoms with Crippen LogP contribution in [-0.4, -0.2) is 46.2 Å². The van der Waals surface area contributed by atoms with Crippen LogP contribution in [0.2, 0.25) is 0 Å². The van der Waals surface area contributed by atoms with E-state index in [0.29, 0.717) is 16.5 Å². The Balaban J connectivity index is 1.45. The molecule has 1 aromatic heterocycles. The topological polar surface area (TPSA) is 99.6 Å². The van der Waals surface area contributed by atoms with Crippen LogP contribution in [0, 0.1) is 10.6 Å². The van der Waals surface area contributed by atoms with Crippen molar-refractivity contribution in [2.45, 2.75) is 22.5 Å². The first-order chi connectivity index (χ1) is 17.0. The van der Waals surface area contributed by atoms with Crippen LogP contribution in [0.25, 0.3) is 0 Å². The number of amides is 1. The first kappa shape index (κ1) is 23.7. The molecule has 1 amide bonds. The molecule has 0 radical (unpaired) electrons. The van der Waals surface area contributed by atoms with E-state index in [1.165, 1.54) is 29.7 Å². The molecule has 2 aromatic carbocycles. The zero-order chi connectivity index (χ0) is 24.4. The van der Waals surface area contributed by atoms with Gasteiger partial charge in [0.05, 0.1) is 0 Å². The number of hydrogen-bond donors (Lipinski definition) is 1. The zero-order valence-corrected chi connectivity index (χ0v) is 20.5. The number of thioether (sulfide) groups is 2. The fraction of sp³-hybridized carbons (Fsp3) is 0.269. The third-order valence-electron chi connectivity index (χ3n) is 6.33. The molecule has 9 heteroatoms. The number of esters is 1. The second kappa shape index (κ2) is 9.93. The molecule has 2 saturated heterocycles. The average Bonchev–Trinajstić information content (AvgIpc) is 2.91. The maximum absolute atomic E-state index is 13.9. The number of hydrogen-bond acceptors (Lipinski definition) is 7. The zero-order valence-electron chi connectivity index (χ0n) is 18.9. The van der Waals surface area contributed by atoms with Gasteiger partial charge in [-0.05, 0) is 17.2 Å². The van der Waals surface area contributed by atoms with E-state index in [1.807, 2.05) is 60.7 Å². The van der Waals surface area contributed by atoms with E-state index in [1.54, 1.807) is 23.1 Å². The van der Waals surface area contributed by atoms with Gasteiger partial charge in [-0.15, -0.1) is 11.8 Å². The summed E-state index contributed by atoms with van der Waals surface area (Å²) in [6.45, 7) is 0.213. The molecule has 2 aliphatic heterocycles. The summed E-state index contributed by atoms with van der Waals surface area (Å²) in [4.78, 5) is 28.1. The highest BCUT2D eigenvalue weighted by molar-refractivity contribution is 8.00. The number of fused-ring (bicyclic) bond motifs is 1. The number of carbonyl (C=O) groups is 2. The molecule has 180 valence electrons. The van der Waals surface area contributed by atoms with E-state index in [4.69, 9.17) is 10.5 Å². The normalized spacial score (nSPS) is 23.5. The van der Waals surface area contributed by atoms with Gasteiger partial charge in [0.15, 0.2) is 12.3 Å². The molecule has 2 fully saturated rings.